The molecule has 0 aromatic carbocycles. The van der Waals surface area contributed by atoms with Crippen LogP contribution in [0.25, 0.3) is 0 Å². The quantitative estimate of drug-likeness (QED) is 0.0343. The van der Waals surface area contributed by atoms with Crippen molar-refractivity contribution in [3.8, 4) is 0 Å². The van der Waals surface area contributed by atoms with Gasteiger partial charge in [0.05, 0.1) is 0 Å². The molecule has 0 radical (unpaired) electrons. The first-order valence-electron chi connectivity index (χ1n) is 36.5. The van der Waals surface area contributed by atoms with Crippen molar-refractivity contribution in [2.45, 2.75) is 438 Å². The van der Waals surface area contributed by atoms with Crippen LogP contribution in [0, 0.1) is 0 Å². The van der Waals surface area contributed by atoms with Crippen molar-refractivity contribution >= 4 is 17.9 Å². The summed E-state index contributed by atoms with van der Waals surface area (Å²) in [5, 5.41) is 0. The van der Waals surface area contributed by atoms with Crippen molar-refractivity contribution in [3.63, 3.8) is 0 Å². The van der Waals surface area contributed by atoms with E-state index in [1.807, 2.05) is 0 Å². The second kappa shape index (κ2) is 68.9. The Hall–Kier alpha value is -1.59. The number of rotatable bonds is 69. The lowest BCUT2D eigenvalue weighted by Crippen LogP contribution is -2.30. The van der Waals surface area contributed by atoms with Crippen molar-refractivity contribution in [1.82, 2.24) is 0 Å². The maximum Gasteiger partial charge on any atom is 0.306 e. The van der Waals surface area contributed by atoms with Crippen LogP contribution in [0.4, 0.5) is 0 Å². The Kier molecular flexibility index (Phi) is 67.5. The van der Waals surface area contributed by atoms with Crippen LogP contribution >= 0.6 is 0 Å². The molecule has 0 N–H and O–H groups in total. The minimum atomic E-state index is -0.763. The van der Waals surface area contributed by atoms with Gasteiger partial charge in [0.2, 0.25) is 0 Å². The number of carbonyl (C=O) groups is 3. The normalized spacial score (nSPS) is 11.9. The van der Waals surface area contributed by atoms with Crippen molar-refractivity contribution in [3.05, 3.63) is 0 Å². The Morgan fingerprint density at radius 1 is 0.203 bits per heavy atom. The number of ether oxygens (including phenoxy) is 3. The van der Waals surface area contributed by atoms with Gasteiger partial charge in [-0.25, -0.2) is 0 Å². The highest BCUT2D eigenvalue weighted by molar-refractivity contribution is 5.71. The molecule has 0 aliphatic heterocycles. The third-order valence-corrected chi connectivity index (χ3v) is 17.1. The molecule has 1 atom stereocenters. The molecule has 1 unspecified atom stereocenters. The van der Waals surface area contributed by atoms with Gasteiger partial charge in [0, 0.05) is 19.3 Å². The van der Waals surface area contributed by atoms with E-state index in [2.05, 4.69) is 20.8 Å². The minimum absolute atomic E-state index is 0.0600. The lowest BCUT2D eigenvalue weighted by molar-refractivity contribution is -0.167. The van der Waals surface area contributed by atoms with Crippen LogP contribution < -0.4 is 0 Å². The third-order valence-electron chi connectivity index (χ3n) is 17.1. The molecule has 6 nitrogen and oxygen atoms in total. The molecule has 470 valence electrons. The van der Waals surface area contributed by atoms with Gasteiger partial charge in [0.1, 0.15) is 13.2 Å². The number of unbranched alkanes of at least 4 members (excludes halogenated alkanes) is 58. The summed E-state index contributed by atoms with van der Waals surface area (Å²) in [7, 11) is 0. The highest BCUT2D eigenvalue weighted by Crippen LogP contribution is 2.20. The summed E-state index contributed by atoms with van der Waals surface area (Å²) in [4.78, 5) is 38.5. The van der Waals surface area contributed by atoms with Crippen LogP contribution in [-0.2, 0) is 28.6 Å². The van der Waals surface area contributed by atoms with Crippen molar-refractivity contribution < 1.29 is 28.6 Å². The maximum atomic E-state index is 12.9. The van der Waals surface area contributed by atoms with Gasteiger partial charge >= 0.3 is 17.9 Å². The molecule has 0 bridgehead atoms. The van der Waals surface area contributed by atoms with E-state index < -0.39 is 6.10 Å². The van der Waals surface area contributed by atoms with E-state index >= 15 is 0 Å². The van der Waals surface area contributed by atoms with Gasteiger partial charge in [0.25, 0.3) is 0 Å². The predicted molar refractivity (Wildman–Crippen MR) is 344 cm³/mol. The average molecular weight is 1120 g/mol. The average Bonchev–Trinajstić information content (AvgIpc) is 3.45. The van der Waals surface area contributed by atoms with Gasteiger partial charge in [0.15, 0.2) is 6.10 Å². The van der Waals surface area contributed by atoms with Crippen molar-refractivity contribution in [2.75, 3.05) is 13.2 Å². The topological polar surface area (TPSA) is 78.9 Å². The van der Waals surface area contributed by atoms with Crippen molar-refractivity contribution in [1.29, 1.82) is 0 Å². The van der Waals surface area contributed by atoms with Crippen LogP contribution in [0.1, 0.15) is 432 Å². The SMILES string of the molecule is CCCCCCCCCCCCCCCCCCCCCCCCCCCCCCC(=O)OCC(COC(=O)CCCCCCCCCCCCCCCCCC)OC(=O)CCCCCCCCCCCCCCCCCCC. The van der Waals surface area contributed by atoms with Crippen LogP contribution in [0.2, 0.25) is 0 Å². The van der Waals surface area contributed by atoms with Crippen LogP contribution in [0.3, 0.4) is 0 Å². The van der Waals surface area contributed by atoms with E-state index in [1.54, 1.807) is 0 Å². The molecule has 0 heterocycles. The van der Waals surface area contributed by atoms with Gasteiger partial charge in [-0.1, -0.05) is 393 Å². The zero-order valence-electron chi connectivity index (χ0n) is 54.2. The Bertz CT molecular complexity index is 1190. The lowest BCUT2D eigenvalue weighted by Gasteiger charge is -2.18. The molecule has 6 heteroatoms. The fourth-order valence-electron chi connectivity index (χ4n) is 11.6. The number of hydrogen-bond donors (Lipinski definition) is 0. The molecular weight excluding hydrogens is 973 g/mol. The van der Waals surface area contributed by atoms with Crippen LogP contribution in [0.5, 0.6) is 0 Å². The summed E-state index contributed by atoms with van der Waals surface area (Å²) in [6.45, 7) is 6.75. The standard InChI is InChI=1S/C73H142O6/c1-4-7-10-13-16-19-22-25-28-31-32-33-34-35-36-37-38-39-40-41-43-45-48-51-54-57-60-63-66-72(75)78-69-70(68-77-71(74)65-62-59-56-53-50-47-44-30-27-24-21-18-15-12-9-6-3)79-73(76)67-64-61-58-55-52-49-46-42-29-26-23-20-17-14-11-8-5-2/h70H,4-69H2,1-3H3. The van der Waals surface area contributed by atoms with E-state index in [1.165, 1.54) is 334 Å². The first-order valence-corrected chi connectivity index (χ1v) is 36.5. The van der Waals surface area contributed by atoms with Crippen LogP contribution in [0.15, 0.2) is 0 Å². The summed E-state index contributed by atoms with van der Waals surface area (Å²) in [5.41, 5.74) is 0. The Labute approximate surface area is 495 Å². The molecule has 0 fully saturated rings. The van der Waals surface area contributed by atoms with E-state index in [4.69, 9.17) is 14.2 Å². The highest BCUT2D eigenvalue weighted by atomic mass is 16.6. The molecule has 0 saturated carbocycles. The molecule has 0 aliphatic carbocycles. The van der Waals surface area contributed by atoms with E-state index in [0.29, 0.717) is 19.3 Å². The Morgan fingerprint density at radius 2 is 0.342 bits per heavy atom. The molecule has 0 amide bonds. The number of hydrogen-bond acceptors (Lipinski definition) is 6. The minimum Gasteiger partial charge on any atom is -0.462 e. The van der Waals surface area contributed by atoms with Gasteiger partial charge in [-0.15, -0.1) is 0 Å². The summed E-state index contributed by atoms with van der Waals surface area (Å²) < 4.78 is 17.0. The summed E-state index contributed by atoms with van der Waals surface area (Å²) in [5.74, 6) is -0.818. The highest BCUT2D eigenvalue weighted by Gasteiger charge is 2.20. The fraction of sp³-hybridized carbons (Fsp3) is 0.959. The second-order valence-corrected chi connectivity index (χ2v) is 25.2. The van der Waals surface area contributed by atoms with Gasteiger partial charge in [-0.05, 0) is 19.3 Å². The molecule has 0 rings (SSSR count). The maximum absolute atomic E-state index is 12.9. The molecule has 0 saturated heterocycles. The predicted octanol–water partition coefficient (Wildman–Crippen LogP) is 25.0. The van der Waals surface area contributed by atoms with Gasteiger partial charge in [-0.3, -0.25) is 14.4 Å². The van der Waals surface area contributed by atoms with Gasteiger partial charge < -0.3 is 14.2 Å². The molecule has 0 aromatic rings. The number of esters is 3. The zero-order valence-corrected chi connectivity index (χ0v) is 54.2. The number of carbonyl (C=O) groups excluding carboxylic acids is 3. The first-order chi connectivity index (χ1) is 39.0. The summed E-state index contributed by atoms with van der Waals surface area (Å²) >= 11 is 0. The lowest BCUT2D eigenvalue weighted by atomic mass is 10.0. The third kappa shape index (κ3) is 67.1. The zero-order chi connectivity index (χ0) is 57.1. The monoisotopic (exact) mass is 1120 g/mol. The molecule has 79 heavy (non-hydrogen) atoms. The Morgan fingerprint density at radius 3 is 0.506 bits per heavy atom. The summed E-state index contributed by atoms with van der Waals surface area (Å²) in [6.07, 6.45) is 81.4. The van der Waals surface area contributed by atoms with Crippen LogP contribution in [-0.4, -0.2) is 37.2 Å². The molecule has 0 aliphatic rings. The second-order valence-electron chi connectivity index (χ2n) is 25.2. The smallest absolute Gasteiger partial charge is 0.306 e. The molecular formula is C73H142O6. The first kappa shape index (κ1) is 77.4. The summed E-state index contributed by atoms with van der Waals surface area (Å²) in [6, 6.07) is 0. The van der Waals surface area contributed by atoms with Crippen molar-refractivity contribution in [2.24, 2.45) is 0 Å². The molecule has 0 spiro atoms. The van der Waals surface area contributed by atoms with Gasteiger partial charge in [-0.2, -0.15) is 0 Å². The Balaban J connectivity index is 4.17. The molecule has 0 aromatic heterocycles. The van der Waals surface area contributed by atoms with E-state index in [-0.39, 0.29) is 31.1 Å². The largest absolute Gasteiger partial charge is 0.462 e. The van der Waals surface area contributed by atoms with E-state index in [9.17, 15) is 14.4 Å². The van der Waals surface area contributed by atoms with E-state index in [0.717, 1.165) is 57.8 Å². The fourth-order valence-corrected chi connectivity index (χ4v) is 11.6.